The maximum Gasteiger partial charge on any atom is 0.275 e. The number of nitrogens with zero attached hydrogens (tertiary/aromatic N) is 5. The van der Waals surface area contributed by atoms with E-state index in [9.17, 15) is 10.1 Å². The third-order valence-corrected chi connectivity index (χ3v) is 7.05. The number of ether oxygens (including phenoxy) is 2. The van der Waals surface area contributed by atoms with Gasteiger partial charge in [0.1, 0.15) is 5.69 Å². The Morgan fingerprint density at radius 2 is 2.21 bits per heavy atom. The minimum absolute atomic E-state index is 0.0545. The van der Waals surface area contributed by atoms with Crippen LogP contribution in [0.4, 0.5) is 5.69 Å². The highest BCUT2D eigenvalue weighted by atomic mass is 32.2. The molecule has 168 valence electrons. The van der Waals surface area contributed by atoms with Crippen molar-refractivity contribution in [3.8, 4) is 30.2 Å². The van der Waals surface area contributed by atoms with Crippen LogP contribution in [0.25, 0.3) is 0 Å². The van der Waals surface area contributed by atoms with Crippen molar-refractivity contribution >= 4 is 28.5 Å². The summed E-state index contributed by atoms with van der Waals surface area (Å²) in [5.74, 6) is 2.94. The highest BCUT2D eigenvalue weighted by molar-refractivity contribution is 8.13. The van der Waals surface area contributed by atoms with Crippen LogP contribution < -0.4 is 20.5 Å². The van der Waals surface area contributed by atoms with Crippen molar-refractivity contribution in [3.05, 3.63) is 35.9 Å². The topological polar surface area (TPSA) is 148 Å². The zero-order chi connectivity index (χ0) is 23.6. The molecular weight excluding hydrogens is 442 g/mol. The number of hydrogen-bond acceptors (Lipinski definition) is 10. The largest absolute Gasteiger partial charge is 0.481 e. The second kappa shape index (κ2) is 8.60. The van der Waals surface area contributed by atoms with Crippen LogP contribution in [0.5, 0.6) is 11.8 Å². The van der Waals surface area contributed by atoms with E-state index >= 15 is 0 Å². The average molecular weight is 464 g/mol. The molecule has 3 atom stereocenters. The molecule has 1 saturated carbocycles. The van der Waals surface area contributed by atoms with Gasteiger partial charge in [-0.25, -0.2) is 15.0 Å². The fourth-order valence-corrected chi connectivity index (χ4v) is 5.31. The highest BCUT2D eigenvalue weighted by Gasteiger charge is 2.68. The van der Waals surface area contributed by atoms with E-state index in [0.717, 1.165) is 0 Å². The quantitative estimate of drug-likeness (QED) is 0.613. The lowest BCUT2D eigenvalue weighted by molar-refractivity contribution is 0.102. The molecule has 1 spiro atoms. The molecule has 10 nitrogen and oxygen atoms in total. The van der Waals surface area contributed by atoms with Gasteiger partial charge in [0.2, 0.25) is 11.8 Å². The van der Waals surface area contributed by atoms with E-state index in [0.29, 0.717) is 34.5 Å². The Morgan fingerprint density at radius 1 is 1.39 bits per heavy atom. The van der Waals surface area contributed by atoms with Gasteiger partial charge in [0.15, 0.2) is 11.8 Å². The van der Waals surface area contributed by atoms with Crippen molar-refractivity contribution in [1.82, 2.24) is 15.0 Å². The molecule has 0 unspecified atom stereocenters. The van der Waals surface area contributed by atoms with E-state index in [1.165, 1.54) is 37.5 Å². The van der Waals surface area contributed by atoms with Gasteiger partial charge >= 0.3 is 0 Å². The molecule has 1 aliphatic carbocycles. The Hall–Kier alpha value is -3.83. The Labute approximate surface area is 195 Å². The fraction of sp³-hybridized carbons (Fsp3) is 0.364. The number of carbonyl (C=O) groups excluding carboxylic acids is 1. The molecule has 3 N–H and O–H groups in total. The van der Waals surface area contributed by atoms with Crippen LogP contribution in [0.2, 0.25) is 0 Å². The van der Waals surface area contributed by atoms with E-state index < -0.39 is 11.4 Å². The molecule has 33 heavy (non-hydrogen) atoms. The first-order chi connectivity index (χ1) is 15.9. The summed E-state index contributed by atoms with van der Waals surface area (Å²) in [6.45, 7) is 1.99. The number of aromatic nitrogens is 3. The number of nitriles is 1. The lowest BCUT2D eigenvalue weighted by atomic mass is 9.76. The second-order valence-corrected chi connectivity index (χ2v) is 8.82. The van der Waals surface area contributed by atoms with Crippen LogP contribution in [0.1, 0.15) is 29.4 Å². The first-order valence-electron chi connectivity index (χ1n) is 9.99. The normalized spacial score (nSPS) is 25.3. The van der Waals surface area contributed by atoms with Gasteiger partial charge in [-0.3, -0.25) is 9.79 Å². The summed E-state index contributed by atoms with van der Waals surface area (Å²) in [6.07, 6.45) is 9.94. The summed E-state index contributed by atoms with van der Waals surface area (Å²) in [5, 5.41) is 12.8. The van der Waals surface area contributed by atoms with Crippen LogP contribution in [-0.4, -0.2) is 45.5 Å². The number of carbonyl (C=O) groups is 1. The van der Waals surface area contributed by atoms with Crippen molar-refractivity contribution in [2.24, 2.45) is 22.1 Å². The van der Waals surface area contributed by atoms with Crippen LogP contribution >= 0.6 is 11.8 Å². The third-order valence-electron chi connectivity index (χ3n) is 6.00. The van der Waals surface area contributed by atoms with Crippen molar-refractivity contribution in [1.29, 1.82) is 5.26 Å². The maximum absolute atomic E-state index is 12.7. The van der Waals surface area contributed by atoms with Gasteiger partial charge in [-0.2, -0.15) is 5.26 Å². The lowest BCUT2D eigenvalue weighted by Crippen LogP contribution is -2.41. The number of amidine groups is 1. The van der Waals surface area contributed by atoms with Gasteiger partial charge in [-0.05, 0) is 19.4 Å². The molecule has 1 aliphatic heterocycles. The van der Waals surface area contributed by atoms with Gasteiger partial charge < -0.3 is 20.5 Å². The third kappa shape index (κ3) is 3.92. The molecule has 2 aliphatic rings. The Bertz CT molecular complexity index is 1200. The number of nitrogens with one attached hydrogen (secondary N) is 1. The van der Waals surface area contributed by atoms with Gasteiger partial charge in [0.25, 0.3) is 5.91 Å². The Kier molecular flexibility index (Phi) is 5.83. The van der Waals surface area contributed by atoms with Crippen molar-refractivity contribution < 1.29 is 14.3 Å². The zero-order valence-electron chi connectivity index (χ0n) is 18.0. The van der Waals surface area contributed by atoms with Gasteiger partial charge in [0, 0.05) is 16.7 Å². The predicted octanol–water partition coefficient (Wildman–Crippen LogP) is 1.95. The molecule has 0 radical (unpaired) electrons. The standard InChI is InChI=1S/C22H21N7O3S/c1-4-5-32-17-11-25-16(10-26-17)18(30)28-14-6-15(19(31-3)27-9-14)21(2)22(7-13(22)8-23)12-33-20(24)29-21/h1,6,9-11,13H,5,7,12H2,2-3H3,(H2,24,29)(H,28,30)/t13-,21+,22-/m0/s1. The molecule has 0 saturated heterocycles. The molecule has 0 bridgehead atoms. The number of thioether (sulfide) groups is 1. The second-order valence-electron chi connectivity index (χ2n) is 7.82. The summed E-state index contributed by atoms with van der Waals surface area (Å²) in [6, 6.07) is 4.12. The average Bonchev–Trinajstić information content (AvgIpc) is 3.55. The van der Waals surface area contributed by atoms with Gasteiger partial charge in [-0.15, -0.1) is 6.42 Å². The van der Waals surface area contributed by atoms with Gasteiger partial charge in [0.05, 0.1) is 48.9 Å². The van der Waals surface area contributed by atoms with Crippen molar-refractivity contribution in [3.63, 3.8) is 0 Å². The summed E-state index contributed by atoms with van der Waals surface area (Å²) >= 11 is 1.44. The number of methoxy groups -OCH3 is 1. The summed E-state index contributed by atoms with van der Waals surface area (Å²) < 4.78 is 10.7. The predicted molar refractivity (Wildman–Crippen MR) is 123 cm³/mol. The first-order valence-corrected chi connectivity index (χ1v) is 11.0. The SMILES string of the molecule is C#CCOc1cnc(C(=O)Nc2cnc(OC)c([C@@]3(C)N=C(N)SC[C@]34C[C@H]4C#N)c2)cn1. The number of nitrogens with two attached hydrogens (primary N) is 1. The molecule has 3 heterocycles. The summed E-state index contributed by atoms with van der Waals surface area (Å²) in [7, 11) is 1.51. The number of terminal acetylenes is 1. The molecule has 1 fully saturated rings. The van der Waals surface area contributed by atoms with Crippen LogP contribution in [0.15, 0.2) is 29.6 Å². The van der Waals surface area contributed by atoms with E-state index in [1.807, 2.05) is 6.92 Å². The number of pyridine rings is 1. The number of amides is 1. The zero-order valence-corrected chi connectivity index (χ0v) is 18.8. The first kappa shape index (κ1) is 22.4. The Morgan fingerprint density at radius 3 is 2.85 bits per heavy atom. The summed E-state index contributed by atoms with van der Waals surface area (Å²) in [5.41, 5.74) is 6.01. The van der Waals surface area contributed by atoms with Crippen LogP contribution in [0, 0.1) is 35.0 Å². The lowest BCUT2D eigenvalue weighted by Gasteiger charge is -2.39. The minimum atomic E-state index is -0.836. The molecule has 1 amide bonds. The van der Waals surface area contributed by atoms with E-state index in [2.05, 4.69) is 32.3 Å². The Balaban J connectivity index is 1.64. The molecular formula is C22H21N7O3S. The number of anilines is 1. The minimum Gasteiger partial charge on any atom is -0.481 e. The van der Waals surface area contributed by atoms with Crippen molar-refractivity contribution in [2.75, 3.05) is 24.8 Å². The fourth-order valence-electron chi connectivity index (χ4n) is 4.06. The molecule has 11 heteroatoms. The van der Waals surface area contributed by atoms with Crippen molar-refractivity contribution in [2.45, 2.75) is 18.9 Å². The van der Waals surface area contributed by atoms with Gasteiger partial charge in [-0.1, -0.05) is 17.7 Å². The highest BCUT2D eigenvalue weighted by Crippen LogP contribution is 2.68. The number of hydrogen-bond donors (Lipinski definition) is 2. The molecule has 4 rings (SSSR count). The van der Waals surface area contributed by atoms with E-state index in [-0.39, 0.29) is 29.5 Å². The molecule has 2 aromatic heterocycles. The van der Waals surface area contributed by atoms with E-state index in [4.69, 9.17) is 26.6 Å². The van der Waals surface area contributed by atoms with E-state index in [1.54, 1.807) is 6.07 Å². The number of rotatable bonds is 6. The number of aliphatic imine (C=N–C) groups is 1. The van der Waals surface area contributed by atoms with Crippen LogP contribution in [-0.2, 0) is 5.54 Å². The maximum atomic E-state index is 12.7. The summed E-state index contributed by atoms with van der Waals surface area (Å²) in [4.78, 5) is 29.9. The molecule has 0 aromatic carbocycles. The van der Waals surface area contributed by atoms with Crippen LogP contribution in [0.3, 0.4) is 0 Å². The molecule has 2 aromatic rings. The smallest absolute Gasteiger partial charge is 0.275 e. The monoisotopic (exact) mass is 463 g/mol.